The summed E-state index contributed by atoms with van der Waals surface area (Å²) in [7, 11) is 0. The summed E-state index contributed by atoms with van der Waals surface area (Å²) in [6.07, 6.45) is 0.996. The molecule has 128 valence electrons. The van der Waals surface area contributed by atoms with Crippen molar-refractivity contribution in [2.45, 2.75) is 38.9 Å². The van der Waals surface area contributed by atoms with Crippen molar-refractivity contribution in [1.29, 1.82) is 0 Å². The minimum absolute atomic E-state index is 0.0338. The molecule has 7 heteroatoms. The summed E-state index contributed by atoms with van der Waals surface area (Å²) >= 11 is 3.45. The van der Waals surface area contributed by atoms with E-state index in [0.717, 1.165) is 10.9 Å². The van der Waals surface area contributed by atoms with Gasteiger partial charge in [0.15, 0.2) is 11.5 Å². The molecule has 0 unspecified atom stereocenters. The van der Waals surface area contributed by atoms with Crippen molar-refractivity contribution in [3.05, 3.63) is 16.6 Å². The Morgan fingerprint density at radius 3 is 2.52 bits per heavy atom. The van der Waals surface area contributed by atoms with Crippen molar-refractivity contribution in [3.63, 3.8) is 0 Å². The maximum absolute atomic E-state index is 12.3. The average Bonchev–Trinajstić information content (AvgIpc) is 3.01. The number of hydrogen-bond donors (Lipinski definition) is 2. The highest BCUT2D eigenvalue weighted by Crippen LogP contribution is 2.37. The number of nitrogens with one attached hydrogen (secondary N) is 1. The molecule has 1 fully saturated rings. The van der Waals surface area contributed by atoms with Gasteiger partial charge in [0.1, 0.15) is 6.10 Å². The second-order valence-electron chi connectivity index (χ2n) is 5.19. The number of carbonyl (C=O) groups is 1. The maximum atomic E-state index is 12.3. The minimum atomic E-state index is -0.461. The lowest BCUT2D eigenvalue weighted by atomic mass is 10.2. The van der Waals surface area contributed by atoms with Crippen LogP contribution in [0.1, 0.15) is 26.7 Å². The summed E-state index contributed by atoms with van der Waals surface area (Å²) in [5.74, 6) is 1.06. The molecule has 1 aromatic carbocycles. The van der Waals surface area contributed by atoms with Crippen LogP contribution in [-0.2, 0) is 9.53 Å². The molecule has 0 radical (unpaired) electrons. The van der Waals surface area contributed by atoms with Gasteiger partial charge in [0.05, 0.1) is 25.0 Å². The van der Waals surface area contributed by atoms with E-state index in [1.165, 1.54) is 0 Å². The second kappa shape index (κ2) is 8.52. The van der Waals surface area contributed by atoms with Gasteiger partial charge in [0.25, 0.3) is 5.91 Å². The van der Waals surface area contributed by atoms with Gasteiger partial charge in [-0.25, -0.2) is 0 Å². The van der Waals surface area contributed by atoms with Crippen LogP contribution in [0, 0.1) is 0 Å². The van der Waals surface area contributed by atoms with Gasteiger partial charge in [0.2, 0.25) is 0 Å². The van der Waals surface area contributed by atoms with Crippen LogP contribution in [0.5, 0.6) is 11.5 Å². The van der Waals surface area contributed by atoms with E-state index < -0.39 is 6.10 Å². The van der Waals surface area contributed by atoms with E-state index >= 15 is 0 Å². The van der Waals surface area contributed by atoms with E-state index in [-0.39, 0.29) is 12.0 Å². The Hall–Kier alpha value is -1.31. The molecule has 0 spiro atoms. The lowest BCUT2D eigenvalue weighted by Crippen LogP contribution is -2.29. The topological polar surface area (TPSA) is 82.8 Å². The number of nitrogens with two attached hydrogens (primary N) is 1. The van der Waals surface area contributed by atoms with Gasteiger partial charge in [0, 0.05) is 23.2 Å². The van der Waals surface area contributed by atoms with E-state index in [1.54, 1.807) is 12.1 Å². The van der Waals surface area contributed by atoms with Gasteiger partial charge in [-0.15, -0.1) is 0 Å². The van der Waals surface area contributed by atoms with Crippen LogP contribution in [0.4, 0.5) is 5.69 Å². The molecule has 0 saturated carbocycles. The third-order valence-electron chi connectivity index (χ3n) is 3.55. The summed E-state index contributed by atoms with van der Waals surface area (Å²) in [6, 6.07) is 3.55. The SMILES string of the molecule is CCOc1cc(Br)c(NC(=O)[C@@H]2CC[C@H](CN)O2)cc1OCC. The highest BCUT2D eigenvalue weighted by molar-refractivity contribution is 9.10. The molecule has 1 saturated heterocycles. The van der Waals surface area contributed by atoms with Crippen molar-refractivity contribution < 1.29 is 19.0 Å². The predicted octanol–water partition coefficient (Wildman–Crippen LogP) is 2.69. The standard InChI is InChI=1S/C16H23BrN2O4/c1-3-21-14-7-11(17)12(8-15(14)22-4-2)19-16(20)13-6-5-10(9-18)23-13/h7-8,10,13H,3-6,9,18H2,1-2H3,(H,19,20)/t10-,13+/m1/s1. The van der Waals surface area contributed by atoms with E-state index in [4.69, 9.17) is 19.9 Å². The molecule has 1 aliphatic heterocycles. The van der Waals surface area contributed by atoms with Gasteiger partial charge >= 0.3 is 0 Å². The van der Waals surface area contributed by atoms with Crippen LogP contribution >= 0.6 is 15.9 Å². The number of halogens is 1. The lowest BCUT2D eigenvalue weighted by Gasteiger charge is -2.16. The zero-order valence-electron chi connectivity index (χ0n) is 13.4. The predicted molar refractivity (Wildman–Crippen MR) is 92.1 cm³/mol. The highest BCUT2D eigenvalue weighted by atomic mass is 79.9. The van der Waals surface area contributed by atoms with Crippen molar-refractivity contribution in [2.75, 3.05) is 25.1 Å². The van der Waals surface area contributed by atoms with Crippen molar-refractivity contribution in [1.82, 2.24) is 0 Å². The average molecular weight is 387 g/mol. The molecule has 0 bridgehead atoms. The number of benzene rings is 1. The van der Waals surface area contributed by atoms with Crippen molar-refractivity contribution >= 4 is 27.5 Å². The molecular formula is C16H23BrN2O4. The van der Waals surface area contributed by atoms with Crippen molar-refractivity contribution in [2.24, 2.45) is 5.73 Å². The number of anilines is 1. The highest BCUT2D eigenvalue weighted by Gasteiger charge is 2.30. The zero-order valence-corrected chi connectivity index (χ0v) is 15.0. The first-order valence-corrected chi connectivity index (χ1v) is 8.63. The summed E-state index contributed by atoms with van der Waals surface area (Å²) in [4.78, 5) is 12.3. The van der Waals surface area contributed by atoms with E-state index in [0.29, 0.717) is 43.4 Å². The second-order valence-corrected chi connectivity index (χ2v) is 6.05. The largest absolute Gasteiger partial charge is 0.490 e. The molecule has 23 heavy (non-hydrogen) atoms. The Bertz CT molecular complexity index is 553. The zero-order chi connectivity index (χ0) is 16.8. The van der Waals surface area contributed by atoms with Crippen LogP contribution in [0.25, 0.3) is 0 Å². The lowest BCUT2D eigenvalue weighted by molar-refractivity contribution is -0.126. The van der Waals surface area contributed by atoms with E-state index in [1.807, 2.05) is 13.8 Å². The first-order valence-electron chi connectivity index (χ1n) is 7.84. The fraction of sp³-hybridized carbons (Fsp3) is 0.562. The number of ether oxygens (including phenoxy) is 3. The minimum Gasteiger partial charge on any atom is -0.490 e. The third kappa shape index (κ3) is 4.59. The maximum Gasteiger partial charge on any atom is 0.253 e. The monoisotopic (exact) mass is 386 g/mol. The molecule has 1 amide bonds. The fourth-order valence-corrected chi connectivity index (χ4v) is 2.87. The number of rotatable bonds is 7. The molecule has 0 aliphatic carbocycles. The molecule has 0 aromatic heterocycles. The fourth-order valence-electron chi connectivity index (χ4n) is 2.45. The number of amides is 1. The molecule has 2 atom stereocenters. The molecule has 3 N–H and O–H groups in total. The molecule has 1 aliphatic rings. The Balaban J connectivity index is 2.12. The number of hydrogen-bond acceptors (Lipinski definition) is 5. The van der Waals surface area contributed by atoms with Gasteiger partial charge in [-0.2, -0.15) is 0 Å². The smallest absolute Gasteiger partial charge is 0.253 e. The Kier molecular flexibility index (Phi) is 6.68. The van der Waals surface area contributed by atoms with Crippen LogP contribution in [-0.4, -0.2) is 37.9 Å². The summed E-state index contributed by atoms with van der Waals surface area (Å²) < 4.78 is 17.5. The molecule has 6 nitrogen and oxygen atoms in total. The van der Waals surface area contributed by atoms with Crippen molar-refractivity contribution in [3.8, 4) is 11.5 Å². The molecule has 2 rings (SSSR count). The summed E-state index contributed by atoms with van der Waals surface area (Å²) in [5.41, 5.74) is 6.20. The van der Waals surface area contributed by atoms with E-state index in [9.17, 15) is 4.79 Å². The van der Waals surface area contributed by atoms with Crippen LogP contribution in [0.3, 0.4) is 0 Å². The van der Waals surface area contributed by atoms with Gasteiger partial charge in [-0.1, -0.05) is 0 Å². The van der Waals surface area contributed by atoms with Gasteiger partial charge < -0.3 is 25.3 Å². The van der Waals surface area contributed by atoms with E-state index in [2.05, 4.69) is 21.2 Å². The first-order chi connectivity index (χ1) is 11.1. The molecular weight excluding hydrogens is 364 g/mol. The summed E-state index contributed by atoms with van der Waals surface area (Å²) in [5, 5.41) is 2.88. The van der Waals surface area contributed by atoms with Crippen LogP contribution < -0.4 is 20.5 Å². The van der Waals surface area contributed by atoms with Gasteiger partial charge in [-0.3, -0.25) is 4.79 Å². The van der Waals surface area contributed by atoms with Crippen LogP contribution in [0.15, 0.2) is 16.6 Å². The normalized spacial score (nSPS) is 20.3. The Morgan fingerprint density at radius 2 is 1.96 bits per heavy atom. The Morgan fingerprint density at radius 1 is 1.30 bits per heavy atom. The van der Waals surface area contributed by atoms with Crippen LogP contribution in [0.2, 0.25) is 0 Å². The van der Waals surface area contributed by atoms with Gasteiger partial charge in [-0.05, 0) is 42.6 Å². The quantitative estimate of drug-likeness (QED) is 0.752. The molecule has 1 aromatic rings. The molecule has 1 heterocycles. The Labute approximate surface area is 144 Å². The number of carbonyl (C=O) groups excluding carboxylic acids is 1. The third-order valence-corrected chi connectivity index (χ3v) is 4.21. The first kappa shape index (κ1) is 18.0. The summed E-state index contributed by atoms with van der Waals surface area (Å²) in [6.45, 7) is 5.29.